The Morgan fingerprint density at radius 2 is 2.33 bits per heavy atom. The summed E-state index contributed by atoms with van der Waals surface area (Å²) in [4.78, 5) is 2.44. The molecule has 0 aromatic rings. The third kappa shape index (κ3) is 2.88. The molecule has 2 unspecified atom stereocenters. The molecule has 1 saturated heterocycles. The topological polar surface area (TPSA) is 15.3 Å². The Hall–Kier alpha value is 0.140. The van der Waals surface area contributed by atoms with Gasteiger partial charge in [-0.3, -0.25) is 4.90 Å². The molecule has 1 fully saturated rings. The molecule has 0 radical (unpaired) electrons. The fourth-order valence-electron chi connectivity index (χ4n) is 1.54. The van der Waals surface area contributed by atoms with Crippen molar-refractivity contribution in [3.8, 4) is 0 Å². The summed E-state index contributed by atoms with van der Waals surface area (Å²) in [6.45, 7) is 11.5. The highest BCUT2D eigenvalue weighted by molar-refractivity contribution is 9.11. The fraction of sp³-hybridized carbons (Fsp3) is 0.778. The molecular formula is C9H17BrN2. The normalized spacial score (nSPS) is 31.9. The molecular weight excluding hydrogens is 216 g/mol. The van der Waals surface area contributed by atoms with E-state index in [-0.39, 0.29) is 0 Å². The van der Waals surface area contributed by atoms with Crippen molar-refractivity contribution >= 4 is 15.9 Å². The molecule has 0 aliphatic carbocycles. The summed E-state index contributed by atoms with van der Waals surface area (Å²) in [5.41, 5.74) is 0. The second kappa shape index (κ2) is 4.40. The Morgan fingerprint density at radius 3 is 2.92 bits per heavy atom. The highest BCUT2D eigenvalue weighted by Crippen LogP contribution is 2.11. The second-order valence-corrected chi connectivity index (χ2v) is 4.73. The summed E-state index contributed by atoms with van der Waals surface area (Å²) < 4.78 is 1.07. The van der Waals surface area contributed by atoms with E-state index in [0.717, 1.165) is 24.1 Å². The molecule has 1 N–H and O–H groups in total. The third-order valence-electron chi connectivity index (χ3n) is 2.27. The van der Waals surface area contributed by atoms with Gasteiger partial charge in [-0.1, -0.05) is 22.5 Å². The van der Waals surface area contributed by atoms with Crippen LogP contribution in [0.2, 0.25) is 0 Å². The molecule has 1 heterocycles. The van der Waals surface area contributed by atoms with Crippen LogP contribution in [0.3, 0.4) is 0 Å². The van der Waals surface area contributed by atoms with E-state index in [1.807, 2.05) is 0 Å². The SMILES string of the molecule is C=C(Br)CN1CC(C)NCC1C. The molecule has 1 aliphatic rings. The maximum atomic E-state index is 3.86. The maximum Gasteiger partial charge on any atom is 0.0297 e. The van der Waals surface area contributed by atoms with Gasteiger partial charge in [-0.05, 0) is 13.8 Å². The summed E-state index contributed by atoms with van der Waals surface area (Å²) in [6.07, 6.45) is 0. The highest BCUT2D eigenvalue weighted by Gasteiger charge is 2.21. The van der Waals surface area contributed by atoms with Crippen LogP contribution in [0.25, 0.3) is 0 Å². The molecule has 2 nitrogen and oxygen atoms in total. The first-order chi connectivity index (χ1) is 5.59. The van der Waals surface area contributed by atoms with Gasteiger partial charge in [-0.2, -0.15) is 0 Å². The number of nitrogens with one attached hydrogen (secondary N) is 1. The van der Waals surface area contributed by atoms with Crippen LogP contribution in [-0.2, 0) is 0 Å². The van der Waals surface area contributed by atoms with E-state index in [4.69, 9.17) is 0 Å². The Kier molecular flexibility index (Phi) is 3.75. The van der Waals surface area contributed by atoms with Gasteiger partial charge in [0.15, 0.2) is 0 Å². The lowest BCUT2D eigenvalue weighted by Gasteiger charge is -2.37. The largest absolute Gasteiger partial charge is 0.311 e. The summed E-state index contributed by atoms with van der Waals surface area (Å²) in [5, 5.41) is 3.45. The predicted molar refractivity (Wildman–Crippen MR) is 56.6 cm³/mol. The molecule has 0 amide bonds. The molecule has 70 valence electrons. The van der Waals surface area contributed by atoms with Crippen LogP contribution in [-0.4, -0.2) is 36.6 Å². The van der Waals surface area contributed by atoms with E-state index in [1.165, 1.54) is 0 Å². The van der Waals surface area contributed by atoms with Crippen molar-refractivity contribution in [2.45, 2.75) is 25.9 Å². The highest BCUT2D eigenvalue weighted by atomic mass is 79.9. The Morgan fingerprint density at radius 1 is 1.67 bits per heavy atom. The summed E-state index contributed by atoms with van der Waals surface area (Å²) in [5.74, 6) is 0. The number of hydrogen-bond acceptors (Lipinski definition) is 2. The van der Waals surface area contributed by atoms with Gasteiger partial charge in [0.05, 0.1) is 0 Å². The summed E-state index contributed by atoms with van der Waals surface area (Å²) in [6, 6.07) is 1.23. The minimum absolute atomic E-state index is 0.605. The van der Waals surface area contributed by atoms with Gasteiger partial charge in [-0.15, -0.1) is 0 Å². The van der Waals surface area contributed by atoms with Crippen molar-refractivity contribution in [1.82, 2.24) is 10.2 Å². The minimum Gasteiger partial charge on any atom is -0.311 e. The first kappa shape index (κ1) is 10.2. The standard InChI is InChI=1S/C9H17BrN2/c1-7(10)5-12-6-8(2)11-4-9(12)3/h8-9,11H,1,4-6H2,2-3H3. The third-order valence-corrected chi connectivity index (χ3v) is 2.52. The van der Waals surface area contributed by atoms with Crippen LogP contribution in [0.4, 0.5) is 0 Å². The Labute approximate surface area is 83.1 Å². The smallest absolute Gasteiger partial charge is 0.0297 e. The number of piperazine rings is 1. The van der Waals surface area contributed by atoms with Crippen LogP contribution < -0.4 is 5.32 Å². The van der Waals surface area contributed by atoms with Gasteiger partial charge in [-0.25, -0.2) is 0 Å². The van der Waals surface area contributed by atoms with Gasteiger partial charge in [0.1, 0.15) is 0 Å². The van der Waals surface area contributed by atoms with Crippen LogP contribution in [0, 0.1) is 0 Å². The quantitative estimate of drug-likeness (QED) is 0.778. The van der Waals surface area contributed by atoms with E-state index >= 15 is 0 Å². The van der Waals surface area contributed by atoms with Crippen LogP contribution in [0.5, 0.6) is 0 Å². The van der Waals surface area contributed by atoms with Crippen molar-refractivity contribution in [2.24, 2.45) is 0 Å². The first-order valence-corrected chi connectivity index (χ1v) is 5.19. The molecule has 0 bridgehead atoms. The predicted octanol–water partition coefficient (Wildman–Crippen LogP) is 1.58. The number of hydrogen-bond donors (Lipinski definition) is 1. The van der Waals surface area contributed by atoms with Crippen molar-refractivity contribution < 1.29 is 0 Å². The van der Waals surface area contributed by atoms with Crippen molar-refractivity contribution in [3.05, 3.63) is 11.1 Å². The second-order valence-electron chi connectivity index (χ2n) is 3.61. The fourth-order valence-corrected chi connectivity index (χ4v) is 1.86. The molecule has 1 aliphatic heterocycles. The maximum absolute atomic E-state index is 3.86. The lowest BCUT2D eigenvalue weighted by molar-refractivity contribution is 0.162. The molecule has 3 heteroatoms. The Balaban J connectivity index is 2.43. The van der Waals surface area contributed by atoms with E-state index in [2.05, 4.69) is 46.6 Å². The number of halogens is 1. The lowest BCUT2D eigenvalue weighted by atomic mass is 10.1. The van der Waals surface area contributed by atoms with E-state index in [9.17, 15) is 0 Å². The van der Waals surface area contributed by atoms with E-state index in [0.29, 0.717) is 12.1 Å². The molecule has 2 atom stereocenters. The van der Waals surface area contributed by atoms with Gasteiger partial charge >= 0.3 is 0 Å². The van der Waals surface area contributed by atoms with Crippen LogP contribution in [0.15, 0.2) is 11.1 Å². The molecule has 0 aromatic carbocycles. The first-order valence-electron chi connectivity index (χ1n) is 4.40. The monoisotopic (exact) mass is 232 g/mol. The van der Waals surface area contributed by atoms with Crippen LogP contribution >= 0.6 is 15.9 Å². The van der Waals surface area contributed by atoms with Gasteiger partial charge in [0, 0.05) is 36.2 Å². The van der Waals surface area contributed by atoms with Crippen LogP contribution in [0.1, 0.15) is 13.8 Å². The molecule has 0 aromatic heterocycles. The molecule has 0 spiro atoms. The zero-order valence-electron chi connectivity index (χ0n) is 7.81. The van der Waals surface area contributed by atoms with Crippen molar-refractivity contribution in [3.63, 3.8) is 0 Å². The van der Waals surface area contributed by atoms with E-state index in [1.54, 1.807) is 0 Å². The summed E-state index contributed by atoms with van der Waals surface area (Å²) in [7, 11) is 0. The minimum atomic E-state index is 0.605. The Bertz CT molecular complexity index is 170. The van der Waals surface area contributed by atoms with Crippen molar-refractivity contribution in [1.29, 1.82) is 0 Å². The van der Waals surface area contributed by atoms with Gasteiger partial charge in [0.25, 0.3) is 0 Å². The lowest BCUT2D eigenvalue weighted by Crippen LogP contribution is -2.54. The van der Waals surface area contributed by atoms with Gasteiger partial charge in [0.2, 0.25) is 0 Å². The summed E-state index contributed by atoms with van der Waals surface area (Å²) >= 11 is 3.40. The van der Waals surface area contributed by atoms with Crippen molar-refractivity contribution in [2.75, 3.05) is 19.6 Å². The average molecular weight is 233 g/mol. The zero-order valence-corrected chi connectivity index (χ0v) is 9.39. The number of rotatable bonds is 2. The van der Waals surface area contributed by atoms with Gasteiger partial charge < -0.3 is 5.32 Å². The zero-order chi connectivity index (χ0) is 9.14. The molecule has 12 heavy (non-hydrogen) atoms. The molecule has 0 saturated carbocycles. The molecule has 1 rings (SSSR count). The average Bonchev–Trinajstić information content (AvgIpc) is 1.96. The number of nitrogens with zero attached hydrogens (tertiary/aromatic N) is 1. The van der Waals surface area contributed by atoms with E-state index < -0.39 is 0 Å².